The molecule has 0 aromatic carbocycles. The Balaban J connectivity index is 1.72. The van der Waals surface area contributed by atoms with Gasteiger partial charge in [-0.1, -0.05) is 6.07 Å². The van der Waals surface area contributed by atoms with Crippen LogP contribution in [0.15, 0.2) is 24.4 Å². The lowest BCUT2D eigenvalue weighted by atomic mass is 10.1. The number of amides is 1. The van der Waals surface area contributed by atoms with Crippen molar-refractivity contribution >= 4 is 5.91 Å². The molecule has 21 heavy (non-hydrogen) atoms. The average molecular weight is 290 g/mol. The third kappa shape index (κ3) is 3.09. The number of fused-ring (bicyclic) bond motifs is 2. The number of aromatic nitrogens is 1. The SMILES string of the molecule is CCOC1C2CCC1N(C(=O)Cc1ccccn1)CCO2. The Morgan fingerprint density at radius 3 is 3.14 bits per heavy atom. The highest BCUT2D eigenvalue weighted by Gasteiger charge is 2.44. The van der Waals surface area contributed by atoms with E-state index in [0.29, 0.717) is 26.2 Å². The smallest absolute Gasteiger partial charge is 0.229 e. The summed E-state index contributed by atoms with van der Waals surface area (Å²) in [6, 6.07) is 5.81. The minimum atomic E-state index is 0.0187. The van der Waals surface area contributed by atoms with Crippen LogP contribution < -0.4 is 0 Å². The van der Waals surface area contributed by atoms with Gasteiger partial charge in [-0.3, -0.25) is 9.78 Å². The van der Waals surface area contributed by atoms with E-state index in [1.165, 1.54) is 0 Å². The molecule has 2 fully saturated rings. The van der Waals surface area contributed by atoms with Crippen molar-refractivity contribution in [2.75, 3.05) is 19.8 Å². The van der Waals surface area contributed by atoms with E-state index in [1.807, 2.05) is 30.0 Å². The van der Waals surface area contributed by atoms with Crippen molar-refractivity contribution in [1.29, 1.82) is 0 Å². The molecule has 1 aliphatic heterocycles. The summed E-state index contributed by atoms with van der Waals surface area (Å²) in [5.74, 6) is 0.120. The van der Waals surface area contributed by atoms with Gasteiger partial charge in [0.1, 0.15) is 6.10 Å². The van der Waals surface area contributed by atoms with Crippen LogP contribution in [-0.4, -0.2) is 53.8 Å². The van der Waals surface area contributed by atoms with Crippen molar-refractivity contribution in [3.8, 4) is 0 Å². The molecule has 3 atom stereocenters. The van der Waals surface area contributed by atoms with Crippen LogP contribution in [0.5, 0.6) is 0 Å². The molecule has 0 radical (unpaired) electrons. The summed E-state index contributed by atoms with van der Waals surface area (Å²) >= 11 is 0. The quantitative estimate of drug-likeness (QED) is 0.841. The number of hydrogen-bond donors (Lipinski definition) is 0. The van der Waals surface area contributed by atoms with Crippen molar-refractivity contribution in [2.45, 2.75) is 44.4 Å². The topological polar surface area (TPSA) is 51.7 Å². The maximum Gasteiger partial charge on any atom is 0.229 e. The number of rotatable bonds is 4. The average Bonchev–Trinajstić information content (AvgIpc) is 2.76. The van der Waals surface area contributed by atoms with Gasteiger partial charge in [0, 0.05) is 25.0 Å². The van der Waals surface area contributed by atoms with E-state index in [4.69, 9.17) is 9.47 Å². The second-order valence-corrected chi connectivity index (χ2v) is 5.56. The molecule has 1 saturated heterocycles. The number of nitrogens with zero attached hydrogens (tertiary/aromatic N) is 2. The van der Waals surface area contributed by atoms with Crippen LogP contribution in [0.4, 0.5) is 0 Å². The van der Waals surface area contributed by atoms with Gasteiger partial charge in [0.25, 0.3) is 0 Å². The van der Waals surface area contributed by atoms with Crippen LogP contribution in [0.2, 0.25) is 0 Å². The van der Waals surface area contributed by atoms with Crippen LogP contribution in [0.3, 0.4) is 0 Å². The predicted molar refractivity (Wildman–Crippen MR) is 77.8 cm³/mol. The largest absolute Gasteiger partial charge is 0.374 e. The fourth-order valence-corrected chi connectivity index (χ4v) is 3.37. The van der Waals surface area contributed by atoms with Gasteiger partial charge in [0.2, 0.25) is 5.91 Å². The lowest BCUT2D eigenvalue weighted by molar-refractivity contribution is -0.135. The molecule has 1 amide bonds. The van der Waals surface area contributed by atoms with Gasteiger partial charge in [0.15, 0.2) is 0 Å². The first-order chi connectivity index (χ1) is 10.3. The first kappa shape index (κ1) is 14.5. The van der Waals surface area contributed by atoms with Crippen molar-refractivity contribution < 1.29 is 14.3 Å². The molecule has 1 aromatic rings. The van der Waals surface area contributed by atoms with Crippen molar-refractivity contribution in [2.24, 2.45) is 0 Å². The summed E-state index contributed by atoms with van der Waals surface area (Å²) in [4.78, 5) is 18.8. The van der Waals surface area contributed by atoms with E-state index in [-0.39, 0.29) is 24.2 Å². The highest BCUT2D eigenvalue weighted by molar-refractivity contribution is 5.78. The van der Waals surface area contributed by atoms with Crippen molar-refractivity contribution in [3.05, 3.63) is 30.1 Å². The van der Waals surface area contributed by atoms with Crippen LogP contribution in [0.25, 0.3) is 0 Å². The lowest BCUT2D eigenvalue weighted by Gasteiger charge is -2.31. The van der Waals surface area contributed by atoms with E-state index >= 15 is 0 Å². The molecular weight excluding hydrogens is 268 g/mol. The van der Waals surface area contributed by atoms with Gasteiger partial charge in [-0.05, 0) is 31.9 Å². The molecule has 0 spiro atoms. The molecule has 3 rings (SSSR count). The van der Waals surface area contributed by atoms with E-state index in [0.717, 1.165) is 18.5 Å². The molecule has 1 aliphatic carbocycles. The first-order valence-electron chi connectivity index (χ1n) is 7.72. The molecule has 2 heterocycles. The minimum absolute atomic E-state index is 0.0187. The van der Waals surface area contributed by atoms with Gasteiger partial charge in [-0.2, -0.15) is 0 Å². The number of carbonyl (C=O) groups is 1. The number of carbonyl (C=O) groups excluding carboxylic acids is 1. The van der Waals surface area contributed by atoms with Crippen molar-refractivity contribution in [3.63, 3.8) is 0 Å². The number of hydrogen-bond acceptors (Lipinski definition) is 4. The third-order valence-corrected chi connectivity index (χ3v) is 4.30. The molecule has 0 N–H and O–H groups in total. The molecule has 114 valence electrons. The van der Waals surface area contributed by atoms with Gasteiger partial charge in [0.05, 0.1) is 25.2 Å². The molecule has 5 heteroatoms. The third-order valence-electron chi connectivity index (χ3n) is 4.30. The van der Waals surface area contributed by atoms with Crippen LogP contribution in [0.1, 0.15) is 25.5 Å². The highest BCUT2D eigenvalue weighted by Crippen LogP contribution is 2.32. The number of ether oxygens (including phenoxy) is 2. The highest BCUT2D eigenvalue weighted by atomic mass is 16.5. The lowest BCUT2D eigenvalue weighted by Crippen LogP contribution is -2.47. The summed E-state index contributed by atoms with van der Waals surface area (Å²) in [6.07, 6.45) is 4.17. The number of pyridine rings is 1. The zero-order valence-electron chi connectivity index (χ0n) is 12.4. The molecule has 2 bridgehead atoms. The van der Waals surface area contributed by atoms with Crippen LogP contribution in [0, 0.1) is 0 Å². The second kappa shape index (κ2) is 6.54. The fourth-order valence-electron chi connectivity index (χ4n) is 3.37. The van der Waals surface area contributed by atoms with Gasteiger partial charge in [-0.25, -0.2) is 0 Å². The summed E-state index contributed by atoms with van der Waals surface area (Å²) in [5.41, 5.74) is 0.815. The van der Waals surface area contributed by atoms with E-state index in [2.05, 4.69) is 4.98 Å². The fraction of sp³-hybridized carbons (Fsp3) is 0.625. The van der Waals surface area contributed by atoms with Gasteiger partial charge < -0.3 is 14.4 Å². The Bertz CT molecular complexity index is 480. The first-order valence-corrected chi connectivity index (χ1v) is 7.72. The van der Waals surface area contributed by atoms with Crippen LogP contribution >= 0.6 is 0 Å². The van der Waals surface area contributed by atoms with E-state index in [1.54, 1.807) is 6.20 Å². The molecular formula is C16H22N2O3. The zero-order valence-corrected chi connectivity index (χ0v) is 12.4. The van der Waals surface area contributed by atoms with Gasteiger partial charge >= 0.3 is 0 Å². The Labute approximate surface area is 125 Å². The maximum atomic E-state index is 12.6. The molecule has 1 aromatic heterocycles. The summed E-state index contributed by atoms with van der Waals surface area (Å²) in [7, 11) is 0. The summed E-state index contributed by atoms with van der Waals surface area (Å²) in [5, 5.41) is 0. The molecule has 3 unspecified atom stereocenters. The van der Waals surface area contributed by atoms with Crippen molar-refractivity contribution in [1.82, 2.24) is 9.88 Å². The molecule has 1 saturated carbocycles. The normalized spacial score (nSPS) is 28.4. The summed E-state index contributed by atoms with van der Waals surface area (Å²) < 4.78 is 11.7. The predicted octanol–water partition coefficient (Wildman–Crippen LogP) is 1.42. The van der Waals surface area contributed by atoms with Gasteiger partial charge in [-0.15, -0.1) is 0 Å². The molecule has 2 aliphatic rings. The second-order valence-electron chi connectivity index (χ2n) is 5.56. The summed E-state index contributed by atoms with van der Waals surface area (Å²) in [6.45, 7) is 3.89. The standard InChI is InChI=1S/C16H22N2O3/c1-2-20-16-13-6-7-14(16)21-10-9-18(13)15(19)11-12-5-3-4-8-17-12/h3-5,8,13-14,16H,2,6-7,9-11H2,1H3. The minimum Gasteiger partial charge on any atom is -0.374 e. The Morgan fingerprint density at radius 1 is 1.48 bits per heavy atom. The maximum absolute atomic E-state index is 12.6. The Morgan fingerprint density at radius 2 is 2.38 bits per heavy atom. The van der Waals surface area contributed by atoms with E-state index in [9.17, 15) is 4.79 Å². The zero-order chi connectivity index (χ0) is 14.7. The molecule has 5 nitrogen and oxygen atoms in total. The van der Waals surface area contributed by atoms with Crippen LogP contribution in [-0.2, 0) is 20.7 Å². The van der Waals surface area contributed by atoms with E-state index < -0.39 is 0 Å². The Hall–Kier alpha value is -1.46. The monoisotopic (exact) mass is 290 g/mol. The Kier molecular flexibility index (Phi) is 4.51.